The van der Waals surface area contributed by atoms with Crippen molar-refractivity contribution in [1.82, 2.24) is 15.2 Å². The molecule has 1 atom stereocenters. The molecule has 0 fully saturated rings. The van der Waals surface area contributed by atoms with Gasteiger partial charge in [0.1, 0.15) is 0 Å². The van der Waals surface area contributed by atoms with Gasteiger partial charge in [-0.2, -0.15) is 4.98 Å². The minimum absolute atomic E-state index is 0.164. The highest BCUT2D eigenvalue weighted by Crippen LogP contribution is 2.44. The minimum atomic E-state index is -0.689. The molecule has 1 amide bonds. The van der Waals surface area contributed by atoms with E-state index in [2.05, 4.69) is 15.2 Å². The van der Waals surface area contributed by atoms with Crippen molar-refractivity contribution in [1.29, 1.82) is 0 Å². The highest BCUT2D eigenvalue weighted by atomic mass is 35.5. The Kier molecular flexibility index (Phi) is 4.95. The fourth-order valence-corrected chi connectivity index (χ4v) is 3.70. The molecule has 0 saturated heterocycles. The first-order chi connectivity index (χ1) is 13.5. The summed E-state index contributed by atoms with van der Waals surface area (Å²) in [4.78, 5) is 18.8. The summed E-state index contributed by atoms with van der Waals surface area (Å²) in [5.74, 6) is 0.155. The number of carbonyl (C=O) groups excluding carboxylic acids is 1. The van der Waals surface area contributed by atoms with Crippen molar-refractivity contribution < 1.29 is 9.53 Å². The largest absolute Gasteiger partial charge is 0.447 e. The van der Waals surface area contributed by atoms with Crippen molar-refractivity contribution in [2.24, 2.45) is 0 Å². The van der Waals surface area contributed by atoms with Crippen LogP contribution >= 0.6 is 23.4 Å². The van der Waals surface area contributed by atoms with Crippen LogP contribution in [0.3, 0.4) is 0 Å². The van der Waals surface area contributed by atoms with Gasteiger partial charge in [0.25, 0.3) is 0 Å². The van der Waals surface area contributed by atoms with Crippen molar-refractivity contribution in [3.63, 3.8) is 0 Å². The van der Waals surface area contributed by atoms with E-state index in [4.69, 9.17) is 16.3 Å². The van der Waals surface area contributed by atoms with Gasteiger partial charge in [-0.1, -0.05) is 47.6 Å². The van der Waals surface area contributed by atoms with Gasteiger partial charge in [-0.3, -0.25) is 9.69 Å². The quantitative estimate of drug-likeness (QED) is 0.570. The van der Waals surface area contributed by atoms with Crippen LogP contribution < -0.4 is 9.64 Å². The third-order valence-corrected chi connectivity index (χ3v) is 5.32. The number of thioether (sulfide) groups is 1. The number of carbonyl (C=O) groups is 1. The first-order valence-electron chi connectivity index (χ1n) is 8.60. The average Bonchev–Trinajstić information content (AvgIpc) is 2.82. The van der Waals surface area contributed by atoms with E-state index >= 15 is 0 Å². The monoisotopic (exact) mass is 412 g/mol. The molecule has 1 unspecified atom stereocenters. The van der Waals surface area contributed by atoms with Crippen LogP contribution in [0, 0.1) is 6.92 Å². The Morgan fingerprint density at radius 3 is 2.71 bits per heavy atom. The Morgan fingerprint density at radius 2 is 2.00 bits per heavy atom. The second-order valence-corrected chi connectivity index (χ2v) is 7.54. The van der Waals surface area contributed by atoms with Crippen LogP contribution in [-0.4, -0.2) is 27.3 Å². The molecule has 6 nitrogen and oxygen atoms in total. The highest BCUT2D eigenvalue weighted by Gasteiger charge is 2.35. The lowest BCUT2D eigenvalue weighted by Crippen LogP contribution is -2.36. The molecule has 1 aromatic heterocycles. The second-order valence-electron chi connectivity index (χ2n) is 6.33. The van der Waals surface area contributed by atoms with Crippen LogP contribution in [0.1, 0.15) is 24.3 Å². The average molecular weight is 413 g/mol. The number of halogens is 1. The Labute approximate surface area is 171 Å². The van der Waals surface area contributed by atoms with E-state index in [1.165, 1.54) is 18.7 Å². The number of rotatable bonds is 2. The molecule has 1 aliphatic heterocycles. The SMILES string of the molecule is CSc1nnc2c(n1)OC(c1ccccc1C)N(C(C)=O)c1ccc(Cl)cc1-2. The Balaban J connectivity index is 2.02. The number of aromatic nitrogens is 3. The molecular weight excluding hydrogens is 396 g/mol. The van der Waals surface area contributed by atoms with E-state index in [9.17, 15) is 4.79 Å². The van der Waals surface area contributed by atoms with Gasteiger partial charge in [0.15, 0.2) is 5.69 Å². The topological polar surface area (TPSA) is 68.2 Å². The summed E-state index contributed by atoms with van der Waals surface area (Å²) >= 11 is 7.61. The lowest BCUT2D eigenvalue weighted by molar-refractivity contribution is -0.118. The molecule has 0 bridgehead atoms. The minimum Gasteiger partial charge on any atom is -0.447 e. The molecule has 1 aliphatic rings. The van der Waals surface area contributed by atoms with E-state index in [1.54, 1.807) is 23.1 Å². The molecule has 0 N–H and O–H groups in total. The summed E-state index contributed by atoms with van der Waals surface area (Å²) in [5.41, 5.74) is 3.64. The van der Waals surface area contributed by atoms with E-state index < -0.39 is 6.23 Å². The molecule has 3 aromatic rings. The first kappa shape index (κ1) is 18.7. The number of hydrogen-bond donors (Lipinski definition) is 0. The van der Waals surface area contributed by atoms with Gasteiger partial charge >= 0.3 is 0 Å². The van der Waals surface area contributed by atoms with Crippen LogP contribution in [0.15, 0.2) is 47.6 Å². The van der Waals surface area contributed by atoms with Crippen LogP contribution in [0.2, 0.25) is 5.02 Å². The third kappa shape index (κ3) is 3.21. The van der Waals surface area contributed by atoms with E-state index in [0.29, 0.717) is 33.0 Å². The van der Waals surface area contributed by atoms with Gasteiger partial charge in [-0.25, -0.2) is 0 Å². The van der Waals surface area contributed by atoms with Gasteiger partial charge < -0.3 is 4.74 Å². The molecule has 0 radical (unpaired) electrons. The summed E-state index contributed by atoms with van der Waals surface area (Å²) < 4.78 is 6.30. The maximum Gasteiger partial charge on any atom is 0.247 e. The second kappa shape index (κ2) is 7.41. The van der Waals surface area contributed by atoms with Crippen molar-refractivity contribution in [3.05, 3.63) is 58.6 Å². The van der Waals surface area contributed by atoms with Gasteiger partial charge in [0, 0.05) is 23.1 Å². The number of amides is 1. The Bertz CT molecular complexity index is 1080. The van der Waals surface area contributed by atoms with Crippen molar-refractivity contribution in [2.45, 2.75) is 25.2 Å². The number of hydrogen-bond acceptors (Lipinski definition) is 6. The molecule has 142 valence electrons. The van der Waals surface area contributed by atoms with Crippen LogP contribution in [-0.2, 0) is 4.79 Å². The molecule has 4 rings (SSSR count). The van der Waals surface area contributed by atoms with Crippen LogP contribution in [0.5, 0.6) is 5.88 Å². The van der Waals surface area contributed by atoms with Gasteiger partial charge in [0.2, 0.25) is 23.2 Å². The Hall–Kier alpha value is -2.64. The van der Waals surface area contributed by atoms with Gasteiger partial charge in [-0.15, -0.1) is 10.2 Å². The lowest BCUT2D eigenvalue weighted by atomic mass is 10.0. The number of nitrogens with zero attached hydrogens (tertiary/aromatic N) is 4. The zero-order chi connectivity index (χ0) is 19.8. The summed E-state index contributed by atoms with van der Waals surface area (Å²) in [6, 6.07) is 13.1. The fraction of sp³-hybridized carbons (Fsp3) is 0.200. The summed E-state index contributed by atoms with van der Waals surface area (Å²) in [6.07, 6.45) is 1.18. The van der Waals surface area contributed by atoms with Gasteiger partial charge in [0.05, 0.1) is 5.69 Å². The molecule has 28 heavy (non-hydrogen) atoms. The van der Waals surface area contributed by atoms with E-state index in [-0.39, 0.29) is 5.91 Å². The van der Waals surface area contributed by atoms with Gasteiger partial charge in [-0.05, 0) is 36.9 Å². The number of anilines is 1. The standard InChI is InChI=1S/C20H17ClN4O2S/c1-11-6-4-5-7-14(11)19-25(12(2)26)16-9-8-13(21)10-15(16)17-18(27-19)22-20(28-3)24-23-17/h4-10,19H,1-3H3. The number of fused-ring (bicyclic) bond motifs is 3. The molecule has 2 aromatic carbocycles. The van der Waals surface area contributed by atoms with Crippen LogP contribution in [0.25, 0.3) is 11.3 Å². The maximum absolute atomic E-state index is 12.7. The molecule has 8 heteroatoms. The van der Waals surface area contributed by atoms with Crippen molar-refractivity contribution >= 4 is 35.0 Å². The first-order valence-corrected chi connectivity index (χ1v) is 10.2. The smallest absolute Gasteiger partial charge is 0.247 e. The molecule has 0 saturated carbocycles. The lowest BCUT2D eigenvalue weighted by Gasteiger charge is -2.30. The third-order valence-electron chi connectivity index (χ3n) is 4.54. The number of aryl methyl sites for hydroxylation is 1. The Morgan fingerprint density at radius 1 is 1.21 bits per heavy atom. The summed E-state index contributed by atoms with van der Waals surface area (Å²) in [5, 5.41) is 9.48. The molecule has 0 aliphatic carbocycles. The maximum atomic E-state index is 12.7. The van der Waals surface area contributed by atoms with Crippen molar-refractivity contribution in [2.75, 3.05) is 11.2 Å². The fourth-order valence-electron chi connectivity index (χ4n) is 3.23. The van der Waals surface area contributed by atoms with E-state index in [1.807, 2.05) is 37.4 Å². The molecule has 0 spiro atoms. The predicted octanol–water partition coefficient (Wildman–Crippen LogP) is 4.67. The molecule has 2 heterocycles. The zero-order valence-corrected chi connectivity index (χ0v) is 17.1. The number of ether oxygens (including phenoxy) is 1. The van der Waals surface area contributed by atoms with Crippen LogP contribution in [0.4, 0.5) is 5.69 Å². The molecular formula is C20H17ClN4O2S. The highest BCUT2D eigenvalue weighted by molar-refractivity contribution is 7.98. The summed E-state index contributed by atoms with van der Waals surface area (Å²) in [6.45, 7) is 3.49. The zero-order valence-electron chi connectivity index (χ0n) is 15.5. The number of benzene rings is 2. The normalized spacial score (nSPS) is 15.3. The van der Waals surface area contributed by atoms with E-state index in [0.717, 1.165) is 11.1 Å². The summed E-state index contributed by atoms with van der Waals surface area (Å²) in [7, 11) is 0. The van der Waals surface area contributed by atoms with Crippen molar-refractivity contribution in [3.8, 4) is 17.1 Å². The predicted molar refractivity (Wildman–Crippen MR) is 110 cm³/mol.